The standard InChI is InChI=1S/C23H24N2O/c1-17-12-13-25(16-17)22-10-8-21(9-11-22)24-23(26)15-18-6-7-19-4-2-3-5-20(19)14-18/h2-11,14,17H,12-13,15-16H2,1H3,(H,24,26). The maximum atomic E-state index is 12.4. The van der Waals surface area contributed by atoms with Crippen LogP contribution in [-0.2, 0) is 11.2 Å². The predicted octanol–water partition coefficient (Wildman–Crippen LogP) is 4.87. The number of nitrogens with one attached hydrogen (secondary N) is 1. The summed E-state index contributed by atoms with van der Waals surface area (Å²) in [4.78, 5) is 14.8. The number of hydrogen-bond donors (Lipinski definition) is 1. The molecule has 1 heterocycles. The number of carbonyl (C=O) groups is 1. The van der Waals surface area contributed by atoms with Crippen LogP contribution in [0.4, 0.5) is 11.4 Å². The number of hydrogen-bond acceptors (Lipinski definition) is 2. The Hall–Kier alpha value is -2.81. The van der Waals surface area contributed by atoms with E-state index in [0.717, 1.165) is 30.3 Å². The van der Waals surface area contributed by atoms with Crippen molar-refractivity contribution in [2.24, 2.45) is 5.92 Å². The molecule has 0 bridgehead atoms. The SMILES string of the molecule is CC1CCN(c2ccc(NC(=O)Cc3ccc4ccccc4c3)cc2)C1. The van der Waals surface area contributed by atoms with E-state index in [4.69, 9.17) is 0 Å². The molecular formula is C23H24N2O. The van der Waals surface area contributed by atoms with E-state index in [1.165, 1.54) is 22.9 Å². The second-order valence-electron chi connectivity index (χ2n) is 7.29. The fraction of sp³-hybridized carbons (Fsp3) is 0.261. The van der Waals surface area contributed by atoms with E-state index in [0.29, 0.717) is 6.42 Å². The fourth-order valence-electron chi connectivity index (χ4n) is 3.66. The van der Waals surface area contributed by atoms with Gasteiger partial charge in [-0.25, -0.2) is 0 Å². The molecule has 3 heteroatoms. The summed E-state index contributed by atoms with van der Waals surface area (Å²) in [6.07, 6.45) is 1.64. The maximum Gasteiger partial charge on any atom is 0.228 e. The van der Waals surface area contributed by atoms with Crippen LogP contribution in [0.1, 0.15) is 18.9 Å². The summed E-state index contributed by atoms with van der Waals surface area (Å²) in [6.45, 7) is 4.53. The average molecular weight is 344 g/mol. The van der Waals surface area contributed by atoms with Crippen LogP contribution >= 0.6 is 0 Å². The van der Waals surface area contributed by atoms with Crippen molar-refractivity contribution in [3.05, 3.63) is 72.3 Å². The van der Waals surface area contributed by atoms with Gasteiger partial charge in [0.05, 0.1) is 6.42 Å². The molecule has 1 aliphatic rings. The highest BCUT2D eigenvalue weighted by Crippen LogP contribution is 2.25. The van der Waals surface area contributed by atoms with Gasteiger partial charge in [-0.15, -0.1) is 0 Å². The first-order chi connectivity index (χ1) is 12.7. The number of anilines is 2. The van der Waals surface area contributed by atoms with Gasteiger partial charge in [0.25, 0.3) is 0 Å². The minimum Gasteiger partial charge on any atom is -0.371 e. The number of rotatable bonds is 4. The van der Waals surface area contributed by atoms with Crippen molar-refractivity contribution >= 4 is 28.1 Å². The van der Waals surface area contributed by atoms with Crippen LogP contribution in [0, 0.1) is 5.92 Å². The second kappa shape index (κ2) is 7.20. The molecule has 1 unspecified atom stereocenters. The first-order valence-electron chi connectivity index (χ1n) is 9.30. The van der Waals surface area contributed by atoms with Gasteiger partial charge in [-0.1, -0.05) is 49.4 Å². The lowest BCUT2D eigenvalue weighted by molar-refractivity contribution is -0.115. The summed E-state index contributed by atoms with van der Waals surface area (Å²) >= 11 is 0. The van der Waals surface area contributed by atoms with Crippen molar-refractivity contribution in [2.45, 2.75) is 19.8 Å². The summed E-state index contributed by atoms with van der Waals surface area (Å²) in [5, 5.41) is 5.37. The zero-order chi connectivity index (χ0) is 17.9. The zero-order valence-electron chi connectivity index (χ0n) is 15.1. The number of nitrogens with zero attached hydrogens (tertiary/aromatic N) is 1. The maximum absolute atomic E-state index is 12.4. The molecule has 26 heavy (non-hydrogen) atoms. The molecule has 1 aliphatic heterocycles. The molecule has 3 aromatic carbocycles. The first-order valence-corrected chi connectivity index (χ1v) is 9.30. The summed E-state index contributed by atoms with van der Waals surface area (Å²) in [5.41, 5.74) is 3.12. The molecule has 3 aromatic rings. The van der Waals surface area contributed by atoms with Crippen molar-refractivity contribution in [1.82, 2.24) is 0 Å². The highest BCUT2D eigenvalue weighted by atomic mass is 16.1. The third kappa shape index (κ3) is 3.72. The molecule has 0 radical (unpaired) electrons. The fourth-order valence-corrected chi connectivity index (χ4v) is 3.66. The van der Waals surface area contributed by atoms with Crippen LogP contribution in [0.3, 0.4) is 0 Å². The van der Waals surface area contributed by atoms with E-state index in [1.807, 2.05) is 30.3 Å². The van der Waals surface area contributed by atoms with Crippen LogP contribution in [0.15, 0.2) is 66.7 Å². The summed E-state index contributed by atoms with van der Waals surface area (Å²) < 4.78 is 0. The zero-order valence-corrected chi connectivity index (χ0v) is 15.1. The number of fused-ring (bicyclic) bond motifs is 1. The molecule has 0 aromatic heterocycles. The number of benzene rings is 3. The monoisotopic (exact) mass is 344 g/mol. The van der Waals surface area contributed by atoms with Crippen molar-refractivity contribution in [3.8, 4) is 0 Å². The lowest BCUT2D eigenvalue weighted by Crippen LogP contribution is -2.19. The normalized spacial score (nSPS) is 16.8. The van der Waals surface area contributed by atoms with Gasteiger partial charge in [0.2, 0.25) is 5.91 Å². The van der Waals surface area contributed by atoms with E-state index in [9.17, 15) is 4.79 Å². The van der Waals surface area contributed by atoms with E-state index >= 15 is 0 Å². The smallest absolute Gasteiger partial charge is 0.228 e. The van der Waals surface area contributed by atoms with Crippen molar-refractivity contribution in [3.63, 3.8) is 0 Å². The van der Waals surface area contributed by atoms with Crippen molar-refractivity contribution in [2.75, 3.05) is 23.3 Å². The van der Waals surface area contributed by atoms with E-state index < -0.39 is 0 Å². The van der Waals surface area contributed by atoms with Gasteiger partial charge in [0, 0.05) is 24.5 Å². The van der Waals surface area contributed by atoms with Crippen LogP contribution in [0.5, 0.6) is 0 Å². The summed E-state index contributed by atoms with van der Waals surface area (Å²) in [6, 6.07) is 22.6. The first kappa shape index (κ1) is 16.6. The Balaban J connectivity index is 1.39. The van der Waals surface area contributed by atoms with E-state index in [-0.39, 0.29) is 5.91 Å². The molecule has 1 saturated heterocycles. The second-order valence-corrected chi connectivity index (χ2v) is 7.29. The number of amides is 1. The Labute approximate surface area is 154 Å². The molecule has 1 N–H and O–H groups in total. The largest absolute Gasteiger partial charge is 0.371 e. The summed E-state index contributed by atoms with van der Waals surface area (Å²) in [7, 11) is 0. The number of carbonyl (C=O) groups excluding carboxylic acids is 1. The van der Waals surface area contributed by atoms with Crippen LogP contribution in [0.25, 0.3) is 10.8 Å². The third-order valence-corrected chi connectivity index (χ3v) is 5.12. The van der Waals surface area contributed by atoms with Gasteiger partial charge < -0.3 is 10.2 Å². The molecular weight excluding hydrogens is 320 g/mol. The lowest BCUT2D eigenvalue weighted by Gasteiger charge is -2.18. The van der Waals surface area contributed by atoms with Crippen LogP contribution in [0.2, 0.25) is 0 Å². The van der Waals surface area contributed by atoms with Gasteiger partial charge in [-0.05, 0) is 52.9 Å². The quantitative estimate of drug-likeness (QED) is 0.732. The Morgan fingerprint density at radius 1 is 1.04 bits per heavy atom. The lowest BCUT2D eigenvalue weighted by atomic mass is 10.0. The molecule has 0 saturated carbocycles. The van der Waals surface area contributed by atoms with E-state index in [2.05, 4.69) is 53.5 Å². The minimum absolute atomic E-state index is 0.0165. The third-order valence-electron chi connectivity index (χ3n) is 5.12. The molecule has 1 atom stereocenters. The van der Waals surface area contributed by atoms with Crippen molar-refractivity contribution in [1.29, 1.82) is 0 Å². The predicted molar refractivity (Wildman–Crippen MR) is 109 cm³/mol. The Morgan fingerprint density at radius 3 is 2.54 bits per heavy atom. The Bertz CT molecular complexity index is 917. The van der Waals surface area contributed by atoms with Gasteiger partial charge >= 0.3 is 0 Å². The van der Waals surface area contributed by atoms with Crippen LogP contribution in [-0.4, -0.2) is 19.0 Å². The van der Waals surface area contributed by atoms with Crippen molar-refractivity contribution < 1.29 is 4.79 Å². The van der Waals surface area contributed by atoms with Crippen LogP contribution < -0.4 is 10.2 Å². The highest BCUT2D eigenvalue weighted by Gasteiger charge is 2.18. The molecule has 1 amide bonds. The minimum atomic E-state index is 0.0165. The Kier molecular flexibility index (Phi) is 4.61. The van der Waals surface area contributed by atoms with Gasteiger partial charge in [-0.2, -0.15) is 0 Å². The average Bonchev–Trinajstić information content (AvgIpc) is 3.08. The van der Waals surface area contributed by atoms with Gasteiger partial charge in [0.15, 0.2) is 0 Å². The van der Waals surface area contributed by atoms with Gasteiger partial charge in [0.1, 0.15) is 0 Å². The molecule has 0 aliphatic carbocycles. The van der Waals surface area contributed by atoms with Gasteiger partial charge in [-0.3, -0.25) is 4.79 Å². The topological polar surface area (TPSA) is 32.3 Å². The molecule has 3 nitrogen and oxygen atoms in total. The summed E-state index contributed by atoms with van der Waals surface area (Å²) in [5.74, 6) is 0.777. The highest BCUT2D eigenvalue weighted by molar-refractivity contribution is 5.93. The molecule has 0 spiro atoms. The van der Waals surface area contributed by atoms with E-state index in [1.54, 1.807) is 0 Å². The molecule has 4 rings (SSSR count). The molecule has 1 fully saturated rings. The molecule has 132 valence electrons. The Morgan fingerprint density at radius 2 is 1.81 bits per heavy atom.